The van der Waals surface area contributed by atoms with Crippen LogP contribution < -0.4 is 15.5 Å². The number of rotatable bonds is 5. The largest absolute Gasteiger partial charge is 0.444 e. The number of anilines is 1. The Balaban J connectivity index is 1.74. The Hall–Kier alpha value is -1.75. The summed E-state index contributed by atoms with van der Waals surface area (Å²) in [6, 6.07) is 6.66. The summed E-state index contributed by atoms with van der Waals surface area (Å²) in [7, 11) is 2.13. The van der Waals surface area contributed by atoms with Crippen molar-refractivity contribution in [2.45, 2.75) is 52.3 Å². The molecule has 0 radical (unpaired) electrons. The second-order valence-corrected chi connectivity index (χ2v) is 7.31. The van der Waals surface area contributed by atoms with Crippen molar-refractivity contribution in [3.8, 4) is 0 Å². The first-order valence-electron chi connectivity index (χ1n) is 8.28. The molecule has 2 N–H and O–H groups in total. The number of benzene rings is 1. The molecule has 0 bridgehead atoms. The van der Waals surface area contributed by atoms with Crippen LogP contribution in [0.4, 0.5) is 10.5 Å². The minimum Gasteiger partial charge on any atom is -0.444 e. The van der Waals surface area contributed by atoms with Crippen molar-refractivity contribution in [3.05, 3.63) is 29.3 Å². The number of nitrogens with one attached hydrogen (secondary N) is 2. The number of ether oxygens (including phenoxy) is 1. The highest BCUT2D eigenvalue weighted by molar-refractivity contribution is 5.68. The van der Waals surface area contributed by atoms with E-state index in [0.717, 1.165) is 19.5 Å². The second-order valence-electron chi connectivity index (χ2n) is 7.31. The third-order valence-electron chi connectivity index (χ3n) is 3.81. The van der Waals surface area contributed by atoms with Gasteiger partial charge in [0.25, 0.3) is 0 Å². The van der Waals surface area contributed by atoms with E-state index in [-0.39, 0.29) is 12.1 Å². The summed E-state index contributed by atoms with van der Waals surface area (Å²) in [5.74, 6) is 0. The molecule has 5 heteroatoms. The minimum absolute atomic E-state index is 0.0189. The molecule has 2 rings (SSSR count). The summed E-state index contributed by atoms with van der Waals surface area (Å²) in [6.45, 7) is 10.2. The van der Waals surface area contributed by atoms with Crippen LogP contribution in [-0.4, -0.2) is 37.9 Å². The van der Waals surface area contributed by atoms with E-state index in [1.54, 1.807) is 0 Å². The van der Waals surface area contributed by atoms with Crippen molar-refractivity contribution in [2.75, 3.05) is 25.0 Å². The van der Waals surface area contributed by atoms with Gasteiger partial charge in [-0.1, -0.05) is 12.1 Å². The standard InChI is InChI=1S/C18H29N3O2/c1-13(20-17(22)23-18(2,3)4)11-19-12-14-6-7-16-15(10-14)8-9-21(16)5/h6-7,10,13,19H,8-9,11-12H2,1-5H3,(H,20,22). The quantitative estimate of drug-likeness (QED) is 0.876. The summed E-state index contributed by atoms with van der Waals surface area (Å²) in [5.41, 5.74) is 3.58. The zero-order chi connectivity index (χ0) is 17.0. The van der Waals surface area contributed by atoms with E-state index in [0.29, 0.717) is 6.54 Å². The second kappa shape index (κ2) is 7.21. The lowest BCUT2D eigenvalue weighted by Crippen LogP contribution is -2.42. The first-order valence-corrected chi connectivity index (χ1v) is 8.28. The van der Waals surface area contributed by atoms with Crippen molar-refractivity contribution in [2.24, 2.45) is 0 Å². The lowest BCUT2D eigenvalue weighted by Gasteiger charge is -2.22. The minimum atomic E-state index is -0.463. The number of amides is 1. The fourth-order valence-corrected chi connectivity index (χ4v) is 2.72. The van der Waals surface area contributed by atoms with Gasteiger partial charge >= 0.3 is 6.09 Å². The predicted octanol–water partition coefficient (Wildman–Crippen LogP) is 2.68. The van der Waals surface area contributed by atoms with Crippen molar-refractivity contribution in [1.82, 2.24) is 10.6 Å². The molecular formula is C18H29N3O2. The van der Waals surface area contributed by atoms with Crippen LogP contribution in [0.1, 0.15) is 38.8 Å². The Bertz CT molecular complexity index is 552. The molecule has 1 amide bonds. The van der Waals surface area contributed by atoms with Crippen LogP contribution >= 0.6 is 0 Å². The molecule has 23 heavy (non-hydrogen) atoms. The average molecular weight is 319 g/mol. The molecule has 0 saturated heterocycles. The smallest absolute Gasteiger partial charge is 0.407 e. The molecule has 1 aliphatic rings. The van der Waals surface area contributed by atoms with E-state index >= 15 is 0 Å². The summed E-state index contributed by atoms with van der Waals surface area (Å²) in [4.78, 5) is 14.0. The average Bonchev–Trinajstić information content (AvgIpc) is 2.77. The van der Waals surface area contributed by atoms with E-state index in [4.69, 9.17) is 4.74 Å². The van der Waals surface area contributed by atoms with E-state index in [1.807, 2.05) is 27.7 Å². The van der Waals surface area contributed by atoms with Crippen LogP contribution in [0, 0.1) is 0 Å². The molecular weight excluding hydrogens is 290 g/mol. The SMILES string of the molecule is CC(CNCc1ccc2c(c1)CCN2C)NC(=O)OC(C)(C)C. The van der Waals surface area contributed by atoms with Crippen LogP contribution in [0.2, 0.25) is 0 Å². The van der Waals surface area contributed by atoms with Gasteiger partial charge in [-0.3, -0.25) is 0 Å². The van der Waals surface area contributed by atoms with Crippen molar-refractivity contribution in [3.63, 3.8) is 0 Å². The monoisotopic (exact) mass is 319 g/mol. The number of alkyl carbamates (subject to hydrolysis) is 1. The molecule has 1 heterocycles. The molecule has 0 fully saturated rings. The highest BCUT2D eigenvalue weighted by Gasteiger charge is 2.18. The van der Waals surface area contributed by atoms with Crippen LogP contribution in [-0.2, 0) is 17.7 Å². The molecule has 0 aromatic heterocycles. The van der Waals surface area contributed by atoms with Gasteiger partial charge in [0.2, 0.25) is 0 Å². The van der Waals surface area contributed by atoms with E-state index < -0.39 is 5.60 Å². The van der Waals surface area contributed by atoms with Crippen molar-refractivity contribution in [1.29, 1.82) is 0 Å². The predicted molar refractivity (Wildman–Crippen MR) is 94.0 cm³/mol. The van der Waals surface area contributed by atoms with Gasteiger partial charge in [0, 0.05) is 38.4 Å². The Kier molecular flexibility index (Phi) is 5.52. The Labute approximate surface area is 139 Å². The van der Waals surface area contributed by atoms with Crippen LogP contribution in [0.25, 0.3) is 0 Å². The normalized spacial score (nSPS) is 15.3. The van der Waals surface area contributed by atoms with Gasteiger partial charge < -0.3 is 20.3 Å². The van der Waals surface area contributed by atoms with E-state index in [2.05, 4.69) is 40.8 Å². The maximum Gasteiger partial charge on any atom is 0.407 e. The Morgan fingerprint density at radius 3 is 2.83 bits per heavy atom. The maximum atomic E-state index is 11.7. The molecule has 1 aromatic rings. The lowest BCUT2D eigenvalue weighted by molar-refractivity contribution is 0.0508. The number of fused-ring (bicyclic) bond motifs is 1. The van der Waals surface area contributed by atoms with Gasteiger partial charge in [0.15, 0.2) is 0 Å². The first kappa shape index (κ1) is 17.6. The number of nitrogens with zero attached hydrogens (tertiary/aromatic N) is 1. The van der Waals surface area contributed by atoms with Gasteiger partial charge in [0.05, 0.1) is 0 Å². The maximum absolute atomic E-state index is 11.7. The van der Waals surface area contributed by atoms with Crippen LogP contribution in [0.3, 0.4) is 0 Å². The molecule has 0 aliphatic carbocycles. The number of carbonyl (C=O) groups excluding carboxylic acids is 1. The number of hydrogen-bond donors (Lipinski definition) is 2. The number of carbonyl (C=O) groups is 1. The molecule has 1 aromatic carbocycles. The highest BCUT2D eigenvalue weighted by atomic mass is 16.6. The first-order chi connectivity index (χ1) is 10.7. The Morgan fingerprint density at radius 2 is 2.13 bits per heavy atom. The van der Waals surface area contributed by atoms with Gasteiger partial charge in [-0.15, -0.1) is 0 Å². The van der Waals surface area contributed by atoms with Crippen LogP contribution in [0.5, 0.6) is 0 Å². The van der Waals surface area contributed by atoms with Crippen molar-refractivity contribution >= 4 is 11.8 Å². The molecule has 128 valence electrons. The summed E-state index contributed by atoms with van der Waals surface area (Å²) in [6.07, 6.45) is 0.753. The van der Waals surface area contributed by atoms with E-state index in [1.165, 1.54) is 16.8 Å². The molecule has 0 saturated carbocycles. The highest BCUT2D eigenvalue weighted by Crippen LogP contribution is 2.27. The summed E-state index contributed by atoms with van der Waals surface area (Å²) in [5, 5.41) is 6.23. The fraction of sp³-hybridized carbons (Fsp3) is 0.611. The van der Waals surface area contributed by atoms with Crippen LogP contribution in [0.15, 0.2) is 18.2 Å². The summed E-state index contributed by atoms with van der Waals surface area (Å²) >= 11 is 0. The molecule has 1 atom stereocenters. The topological polar surface area (TPSA) is 53.6 Å². The van der Waals surface area contributed by atoms with Gasteiger partial charge in [-0.25, -0.2) is 4.79 Å². The lowest BCUT2D eigenvalue weighted by atomic mass is 10.1. The number of likely N-dealkylation sites (N-methyl/N-ethyl adjacent to an activating group) is 1. The van der Waals surface area contributed by atoms with Gasteiger partial charge in [-0.05, 0) is 51.3 Å². The number of hydrogen-bond acceptors (Lipinski definition) is 4. The summed E-state index contributed by atoms with van der Waals surface area (Å²) < 4.78 is 5.25. The molecule has 0 spiro atoms. The van der Waals surface area contributed by atoms with Gasteiger partial charge in [0.1, 0.15) is 5.60 Å². The van der Waals surface area contributed by atoms with Crippen molar-refractivity contribution < 1.29 is 9.53 Å². The molecule has 1 unspecified atom stereocenters. The Morgan fingerprint density at radius 1 is 1.39 bits per heavy atom. The third-order valence-corrected chi connectivity index (χ3v) is 3.81. The zero-order valence-corrected chi connectivity index (χ0v) is 14.9. The third kappa shape index (κ3) is 5.43. The van der Waals surface area contributed by atoms with Gasteiger partial charge in [-0.2, -0.15) is 0 Å². The van der Waals surface area contributed by atoms with E-state index in [9.17, 15) is 4.79 Å². The molecule has 5 nitrogen and oxygen atoms in total. The fourth-order valence-electron chi connectivity index (χ4n) is 2.72. The zero-order valence-electron chi connectivity index (χ0n) is 14.9. The molecule has 1 aliphatic heterocycles.